The van der Waals surface area contributed by atoms with Gasteiger partial charge in [-0.2, -0.15) is 5.26 Å². The van der Waals surface area contributed by atoms with Gasteiger partial charge in [-0.1, -0.05) is 126 Å². The Morgan fingerprint density at radius 3 is 0.929 bits per heavy atom. The third-order valence-corrected chi connectivity index (χ3v) is 29.5. The van der Waals surface area contributed by atoms with Crippen LogP contribution in [0.15, 0.2) is 48.5 Å². The van der Waals surface area contributed by atoms with Gasteiger partial charge >= 0.3 is 0 Å². The van der Waals surface area contributed by atoms with Crippen molar-refractivity contribution in [3.8, 4) is 6.07 Å². The maximum Gasteiger partial charge on any atom is 0.139 e. The molecule has 3 heteroatoms. The molecule has 216 valence electrons. The molecule has 1 aliphatic rings. The number of benzene rings is 4. The minimum atomic E-state index is -2.79. The third-order valence-electron chi connectivity index (χ3n) is 10.2. The highest BCUT2D eigenvalue weighted by Crippen LogP contribution is 2.51. The third kappa shape index (κ3) is 4.14. The molecule has 1 unspecified atom stereocenters. The van der Waals surface area contributed by atoms with Gasteiger partial charge in [-0.3, -0.25) is 0 Å². The molecule has 0 radical (unpaired) electrons. The summed E-state index contributed by atoms with van der Waals surface area (Å²) in [5.74, 6) is 0. The van der Waals surface area contributed by atoms with Crippen LogP contribution in [-0.4, -0.2) is 15.2 Å². The average molecular weight is 586 g/mol. The fourth-order valence-corrected chi connectivity index (χ4v) is 34.7. The van der Waals surface area contributed by atoms with Gasteiger partial charge in [-0.05, 0) is 99.5 Å². The number of hydrogen-bond donors (Lipinski definition) is 0. The summed E-state index contributed by atoms with van der Waals surface area (Å²) in [7, 11) is -5.40. The summed E-state index contributed by atoms with van der Waals surface area (Å²) in [6, 6.07) is 23.2. The first-order valence-corrected chi connectivity index (χ1v) is 20.7. The summed E-state index contributed by atoms with van der Waals surface area (Å²) >= 11 is 0. The lowest BCUT2D eigenvalue weighted by atomic mass is 10.1. The molecule has 5 rings (SSSR count). The van der Waals surface area contributed by atoms with Crippen molar-refractivity contribution in [3.05, 3.63) is 115 Å². The van der Waals surface area contributed by atoms with E-state index in [0.29, 0.717) is 0 Å². The first-order chi connectivity index (χ1) is 19.7. The van der Waals surface area contributed by atoms with Crippen LogP contribution >= 0.6 is 0 Å². The van der Waals surface area contributed by atoms with Crippen LogP contribution in [0.5, 0.6) is 0 Å². The van der Waals surface area contributed by atoms with Crippen LogP contribution in [0.2, 0.25) is 11.6 Å². The summed E-state index contributed by atoms with van der Waals surface area (Å²) in [5, 5.41) is 17.5. The molecule has 1 heterocycles. The van der Waals surface area contributed by atoms with Gasteiger partial charge in [-0.25, -0.2) is 0 Å². The second kappa shape index (κ2) is 10.5. The van der Waals surface area contributed by atoms with Crippen LogP contribution in [0.3, 0.4) is 0 Å². The van der Waals surface area contributed by atoms with E-state index in [1.165, 1.54) is 77.1 Å². The van der Waals surface area contributed by atoms with Crippen molar-refractivity contribution in [2.24, 2.45) is 0 Å². The van der Waals surface area contributed by atoms with Gasteiger partial charge in [0.25, 0.3) is 0 Å². The Morgan fingerprint density at radius 2 is 0.690 bits per heavy atom. The summed E-state index contributed by atoms with van der Waals surface area (Å²) < 4.78 is 0. The summed E-state index contributed by atoms with van der Waals surface area (Å²) in [5.41, 5.74) is 16.4. The fourth-order valence-electron chi connectivity index (χ4n) is 9.86. The Balaban J connectivity index is 2.16. The Kier molecular flexibility index (Phi) is 7.57. The first kappa shape index (κ1) is 30.3. The van der Waals surface area contributed by atoms with Crippen LogP contribution in [0.25, 0.3) is 0 Å². The van der Waals surface area contributed by atoms with Crippen LogP contribution in [0, 0.1) is 94.4 Å². The summed E-state index contributed by atoms with van der Waals surface area (Å²) in [6.07, 6.45) is 0. The number of aryl methyl sites for hydroxylation is 12. The molecule has 0 aromatic heterocycles. The number of rotatable bonds is 4. The topological polar surface area (TPSA) is 23.8 Å². The van der Waals surface area contributed by atoms with Crippen LogP contribution < -0.4 is 20.7 Å². The van der Waals surface area contributed by atoms with Crippen molar-refractivity contribution in [2.45, 2.75) is 94.7 Å². The Morgan fingerprint density at radius 1 is 0.452 bits per heavy atom. The van der Waals surface area contributed by atoms with Gasteiger partial charge in [0.05, 0.1) is 6.07 Å². The van der Waals surface area contributed by atoms with E-state index in [4.69, 9.17) is 0 Å². The fraction of sp³-hybridized carbons (Fsp3) is 0.359. The number of hydrogen-bond acceptors (Lipinski definition) is 1. The van der Waals surface area contributed by atoms with E-state index in [1.54, 1.807) is 10.4 Å². The zero-order valence-electron chi connectivity index (χ0n) is 27.9. The average Bonchev–Trinajstić information content (AvgIpc) is 2.83. The molecule has 1 fully saturated rings. The predicted octanol–water partition coefficient (Wildman–Crippen LogP) is 7.20. The lowest BCUT2D eigenvalue weighted by Gasteiger charge is -2.63. The molecule has 0 amide bonds. The summed E-state index contributed by atoms with van der Waals surface area (Å²) in [6.45, 7) is 27.6. The van der Waals surface area contributed by atoms with Gasteiger partial charge in [0.2, 0.25) is 0 Å². The monoisotopic (exact) mass is 585 g/mol. The first-order valence-electron chi connectivity index (χ1n) is 15.4. The smallest absolute Gasteiger partial charge is 0.139 e. The molecule has 0 N–H and O–H groups in total. The molecular formula is C39H47NSi2. The minimum Gasteiger partial charge on any atom is -0.198 e. The normalized spacial score (nSPS) is 17.1. The molecule has 1 nitrogen and oxygen atoms in total. The van der Waals surface area contributed by atoms with Crippen LogP contribution in [-0.2, 0) is 0 Å². The molecule has 42 heavy (non-hydrogen) atoms. The maximum atomic E-state index is 11.2. The molecule has 1 aliphatic heterocycles. The van der Waals surface area contributed by atoms with Crippen molar-refractivity contribution < 1.29 is 0 Å². The van der Waals surface area contributed by atoms with Crippen LogP contribution in [0.1, 0.15) is 66.8 Å². The second-order valence-corrected chi connectivity index (χ2v) is 25.2. The van der Waals surface area contributed by atoms with E-state index >= 15 is 0 Å². The van der Waals surface area contributed by atoms with Gasteiger partial charge in [0.15, 0.2) is 0 Å². The molecule has 0 aliphatic carbocycles. The van der Waals surface area contributed by atoms with Gasteiger partial charge in [-0.15, -0.1) is 0 Å². The van der Waals surface area contributed by atoms with E-state index in [-0.39, 0.29) is 5.54 Å². The standard InChI is InChI=1S/C39H47NSi2/c1-23-13-27(5)36(28(6)14-23)41(37-29(7)15-24(2)16-30(37)8)22-35(21-40)42(41,38-31(9)17-25(3)18-32(38)10)39-33(11)19-26(4)20-34(39)12/h13-20,35H,22H2,1-12H3. The quantitative estimate of drug-likeness (QED) is 0.232. The van der Waals surface area contributed by atoms with Crippen molar-refractivity contribution in [1.82, 2.24) is 0 Å². The lowest BCUT2D eigenvalue weighted by molar-refractivity contribution is 1.08. The van der Waals surface area contributed by atoms with Crippen molar-refractivity contribution in [3.63, 3.8) is 0 Å². The highest BCUT2D eigenvalue weighted by molar-refractivity contribution is 7.64. The van der Waals surface area contributed by atoms with E-state index in [0.717, 1.165) is 6.04 Å². The largest absolute Gasteiger partial charge is 0.198 e. The number of nitrogens with zero attached hydrogens (tertiary/aromatic N) is 1. The minimum absolute atomic E-state index is 0.0181. The summed E-state index contributed by atoms with van der Waals surface area (Å²) in [4.78, 5) is 0. The van der Waals surface area contributed by atoms with Crippen molar-refractivity contribution >= 4 is 35.9 Å². The molecular weight excluding hydrogens is 539 g/mol. The molecule has 0 spiro atoms. The van der Waals surface area contributed by atoms with Gasteiger partial charge in [0.1, 0.15) is 15.2 Å². The lowest BCUT2D eigenvalue weighted by Crippen LogP contribution is -2.95. The Hall–Kier alpha value is -3.20. The van der Waals surface area contributed by atoms with E-state index in [2.05, 4.69) is 138 Å². The van der Waals surface area contributed by atoms with E-state index < -0.39 is 15.2 Å². The SMILES string of the molecule is Cc1cc(C)c([Si]2(c3c(C)cc(C)cc3C)CC(C#N)[Si]2(c2c(C)cc(C)cc2C)c2c(C)cc(C)cc2C)c(C)c1. The van der Waals surface area contributed by atoms with Crippen molar-refractivity contribution in [2.75, 3.05) is 0 Å². The maximum absolute atomic E-state index is 11.2. The zero-order valence-corrected chi connectivity index (χ0v) is 29.9. The highest BCUT2D eigenvalue weighted by Gasteiger charge is 2.74. The Labute approximate surface area is 256 Å². The molecule has 4 aromatic rings. The molecule has 0 bridgehead atoms. The van der Waals surface area contributed by atoms with Gasteiger partial charge < -0.3 is 0 Å². The molecule has 0 saturated carbocycles. The number of nitriles is 1. The van der Waals surface area contributed by atoms with Crippen LogP contribution in [0.4, 0.5) is 0 Å². The van der Waals surface area contributed by atoms with E-state index in [1.807, 2.05) is 0 Å². The Bertz CT molecular complexity index is 1600. The second-order valence-electron chi connectivity index (χ2n) is 13.7. The molecule has 1 saturated heterocycles. The molecule has 4 aromatic carbocycles. The zero-order chi connectivity index (χ0) is 30.9. The van der Waals surface area contributed by atoms with Crippen molar-refractivity contribution in [1.29, 1.82) is 5.26 Å². The predicted molar refractivity (Wildman–Crippen MR) is 187 cm³/mol. The van der Waals surface area contributed by atoms with E-state index in [9.17, 15) is 5.26 Å². The molecule has 1 atom stereocenters. The van der Waals surface area contributed by atoms with Gasteiger partial charge in [0, 0.05) is 5.54 Å². The highest BCUT2D eigenvalue weighted by atomic mass is 29.3.